The highest BCUT2D eigenvalue weighted by Gasteiger charge is 2.26. The van der Waals surface area contributed by atoms with Crippen molar-refractivity contribution in [3.05, 3.63) is 29.8 Å². The number of aliphatic hydroxyl groups is 1. The third-order valence-corrected chi connectivity index (χ3v) is 3.26. The second kappa shape index (κ2) is 4.75. The predicted octanol–water partition coefficient (Wildman–Crippen LogP) is 1.65. The number of hydrogen-bond acceptors (Lipinski definition) is 2. The Balaban J connectivity index is 2.16. The molecule has 1 aromatic carbocycles. The van der Waals surface area contributed by atoms with E-state index in [1.54, 1.807) is 9.80 Å². The van der Waals surface area contributed by atoms with E-state index in [9.17, 15) is 4.79 Å². The molecule has 1 N–H and O–H groups in total. The average molecular weight is 234 g/mol. The first-order valence-electron chi connectivity index (χ1n) is 5.87. The molecule has 0 aliphatic carbocycles. The van der Waals surface area contributed by atoms with Crippen LogP contribution in [0.1, 0.15) is 18.4 Å². The molecule has 4 heteroatoms. The van der Waals surface area contributed by atoms with Gasteiger partial charge in [0.25, 0.3) is 0 Å². The monoisotopic (exact) mass is 234 g/mol. The molecule has 2 rings (SSSR count). The minimum atomic E-state index is 0.0490. The van der Waals surface area contributed by atoms with Crippen molar-refractivity contribution in [1.29, 1.82) is 0 Å². The van der Waals surface area contributed by atoms with Crippen LogP contribution in [0.5, 0.6) is 0 Å². The molecule has 1 fully saturated rings. The van der Waals surface area contributed by atoms with Crippen molar-refractivity contribution in [3.8, 4) is 0 Å². The summed E-state index contributed by atoms with van der Waals surface area (Å²) in [5, 5.41) is 9.07. The van der Waals surface area contributed by atoms with Crippen LogP contribution < -0.4 is 4.90 Å². The summed E-state index contributed by atoms with van der Waals surface area (Å²) >= 11 is 0. The van der Waals surface area contributed by atoms with Crippen LogP contribution in [0.15, 0.2) is 24.3 Å². The molecule has 1 unspecified atom stereocenters. The molecule has 1 atom stereocenters. The third-order valence-electron chi connectivity index (χ3n) is 3.26. The largest absolute Gasteiger partial charge is 0.396 e. The van der Waals surface area contributed by atoms with E-state index < -0.39 is 0 Å². The Hall–Kier alpha value is -1.55. The number of urea groups is 1. The molecular weight excluding hydrogens is 216 g/mol. The Morgan fingerprint density at radius 2 is 1.94 bits per heavy atom. The van der Waals surface area contributed by atoms with Gasteiger partial charge in [0.2, 0.25) is 0 Å². The summed E-state index contributed by atoms with van der Waals surface area (Å²) in [4.78, 5) is 15.3. The van der Waals surface area contributed by atoms with Gasteiger partial charge in [0, 0.05) is 38.3 Å². The van der Waals surface area contributed by atoms with E-state index in [-0.39, 0.29) is 18.6 Å². The average Bonchev–Trinajstić information content (AvgIpc) is 2.69. The van der Waals surface area contributed by atoms with E-state index in [2.05, 4.69) is 0 Å². The lowest BCUT2D eigenvalue weighted by Gasteiger charge is -2.17. The number of aliphatic hydroxyl groups excluding tert-OH is 1. The maximum absolute atomic E-state index is 11.8. The van der Waals surface area contributed by atoms with Crippen LogP contribution >= 0.6 is 0 Å². The van der Waals surface area contributed by atoms with Gasteiger partial charge < -0.3 is 10.0 Å². The highest BCUT2D eigenvalue weighted by atomic mass is 16.3. The smallest absolute Gasteiger partial charge is 0.324 e. The fourth-order valence-electron chi connectivity index (χ4n) is 1.98. The van der Waals surface area contributed by atoms with Crippen molar-refractivity contribution in [1.82, 2.24) is 4.90 Å². The van der Waals surface area contributed by atoms with E-state index in [0.717, 1.165) is 24.3 Å². The van der Waals surface area contributed by atoms with Crippen LogP contribution in [-0.2, 0) is 0 Å². The van der Waals surface area contributed by atoms with E-state index in [4.69, 9.17) is 5.11 Å². The number of anilines is 1. The number of carbonyl (C=O) groups is 1. The second-order valence-corrected chi connectivity index (χ2v) is 4.53. The molecule has 4 nitrogen and oxygen atoms in total. The van der Waals surface area contributed by atoms with Crippen LogP contribution in [-0.4, -0.2) is 42.8 Å². The molecule has 17 heavy (non-hydrogen) atoms. The Kier molecular flexibility index (Phi) is 3.33. The summed E-state index contributed by atoms with van der Waals surface area (Å²) in [6.45, 7) is 3.63. The van der Waals surface area contributed by atoms with Gasteiger partial charge in [-0.05, 0) is 17.7 Å². The summed E-state index contributed by atoms with van der Waals surface area (Å²) in [5.41, 5.74) is 2.02. The van der Waals surface area contributed by atoms with Crippen LogP contribution in [0.2, 0.25) is 0 Å². The number of nitrogens with zero attached hydrogens (tertiary/aromatic N) is 2. The number of likely N-dealkylation sites (N-methyl/N-ethyl adjacent to an activating group) is 1. The van der Waals surface area contributed by atoms with E-state index in [1.165, 1.54) is 0 Å². The lowest BCUT2D eigenvalue weighted by Crippen LogP contribution is -2.29. The normalized spacial score (nSPS) is 17.7. The molecule has 2 amide bonds. The van der Waals surface area contributed by atoms with Gasteiger partial charge in [-0.3, -0.25) is 4.90 Å². The van der Waals surface area contributed by atoms with Gasteiger partial charge in [-0.2, -0.15) is 0 Å². The fraction of sp³-hybridized carbons (Fsp3) is 0.462. The number of amides is 2. The first kappa shape index (κ1) is 11.9. The zero-order valence-electron chi connectivity index (χ0n) is 10.3. The molecule has 92 valence electrons. The molecular formula is C13H18N2O2. The van der Waals surface area contributed by atoms with Crippen LogP contribution in [0.3, 0.4) is 0 Å². The second-order valence-electron chi connectivity index (χ2n) is 4.53. The van der Waals surface area contributed by atoms with Gasteiger partial charge >= 0.3 is 6.03 Å². The van der Waals surface area contributed by atoms with Crippen molar-refractivity contribution in [2.24, 2.45) is 0 Å². The molecule has 0 saturated carbocycles. The van der Waals surface area contributed by atoms with Gasteiger partial charge in [-0.15, -0.1) is 0 Å². The number of hydrogen-bond donors (Lipinski definition) is 1. The Morgan fingerprint density at radius 3 is 2.41 bits per heavy atom. The first-order valence-corrected chi connectivity index (χ1v) is 5.87. The lowest BCUT2D eigenvalue weighted by atomic mass is 10.0. The zero-order valence-corrected chi connectivity index (χ0v) is 10.3. The highest BCUT2D eigenvalue weighted by Crippen LogP contribution is 2.22. The Labute approximate surface area is 101 Å². The summed E-state index contributed by atoms with van der Waals surface area (Å²) in [6.07, 6.45) is 0. The minimum absolute atomic E-state index is 0.0490. The zero-order chi connectivity index (χ0) is 12.4. The summed E-state index contributed by atoms with van der Waals surface area (Å²) in [7, 11) is 1.81. The summed E-state index contributed by atoms with van der Waals surface area (Å²) in [6, 6.07) is 7.88. The van der Waals surface area contributed by atoms with E-state index in [1.807, 2.05) is 38.2 Å². The van der Waals surface area contributed by atoms with Crippen LogP contribution in [0, 0.1) is 0 Å². The topological polar surface area (TPSA) is 43.8 Å². The molecule has 0 bridgehead atoms. The quantitative estimate of drug-likeness (QED) is 0.864. The number of rotatable bonds is 3. The van der Waals surface area contributed by atoms with Crippen LogP contribution in [0.25, 0.3) is 0 Å². The van der Waals surface area contributed by atoms with Crippen molar-refractivity contribution >= 4 is 11.7 Å². The maximum Gasteiger partial charge on any atom is 0.324 e. The van der Waals surface area contributed by atoms with Gasteiger partial charge in [0.15, 0.2) is 0 Å². The Bertz CT molecular complexity index is 402. The number of carbonyl (C=O) groups excluding carboxylic acids is 1. The molecule has 0 spiro atoms. The van der Waals surface area contributed by atoms with Gasteiger partial charge in [0.1, 0.15) is 0 Å². The fourth-order valence-corrected chi connectivity index (χ4v) is 1.98. The standard InChI is InChI=1S/C13H18N2O2/c1-10(9-16)11-3-5-12(6-4-11)15-8-7-14(2)13(15)17/h3-6,10,16H,7-9H2,1-2H3. The van der Waals surface area contributed by atoms with Crippen LogP contribution in [0.4, 0.5) is 10.5 Å². The molecule has 1 aliphatic heterocycles. The van der Waals surface area contributed by atoms with Crippen molar-refractivity contribution in [3.63, 3.8) is 0 Å². The highest BCUT2D eigenvalue weighted by molar-refractivity contribution is 5.93. The van der Waals surface area contributed by atoms with Crippen molar-refractivity contribution in [2.45, 2.75) is 12.8 Å². The van der Waals surface area contributed by atoms with Crippen molar-refractivity contribution in [2.75, 3.05) is 31.6 Å². The molecule has 1 saturated heterocycles. The molecule has 1 aromatic rings. The third kappa shape index (κ3) is 2.26. The van der Waals surface area contributed by atoms with Gasteiger partial charge in [0.05, 0.1) is 0 Å². The minimum Gasteiger partial charge on any atom is -0.396 e. The van der Waals surface area contributed by atoms with E-state index >= 15 is 0 Å². The lowest BCUT2D eigenvalue weighted by molar-refractivity contribution is 0.229. The van der Waals surface area contributed by atoms with Gasteiger partial charge in [-0.1, -0.05) is 19.1 Å². The van der Waals surface area contributed by atoms with Crippen molar-refractivity contribution < 1.29 is 9.90 Å². The predicted molar refractivity (Wildman–Crippen MR) is 67.3 cm³/mol. The molecule has 1 aliphatic rings. The first-order chi connectivity index (χ1) is 8.13. The summed E-state index contributed by atoms with van der Waals surface area (Å²) < 4.78 is 0. The molecule has 0 radical (unpaired) electrons. The SMILES string of the molecule is CC(CO)c1ccc(N2CCN(C)C2=O)cc1. The van der Waals surface area contributed by atoms with Gasteiger partial charge in [-0.25, -0.2) is 4.79 Å². The molecule has 0 aromatic heterocycles. The Morgan fingerprint density at radius 1 is 1.29 bits per heavy atom. The molecule has 1 heterocycles. The maximum atomic E-state index is 11.8. The van der Waals surface area contributed by atoms with E-state index in [0.29, 0.717) is 0 Å². The number of benzene rings is 1. The summed E-state index contributed by atoms with van der Waals surface area (Å²) in [5.74, 6) is 0.140.